The van der Waals surface area contributed by atoms with Gasteiger partial charge in [-0.1, -0.05) is 19.0 Å². The highest BCUT2D eigenvalue weighted by Gasteiger charge is 2.49. The van der Waals surface area contributed by atoms with Gasteiger partial charge >= 0.3 is 0 Å². The molecule has 2 aromatic rings. The molecule has 1 unspecified atom stereocenters. The maximum Gasteiger partial charge on any atom is 0.243 e. The summed E-state index contributed by atoms with van der Waals surface area (Å²) in [6.45, 7) is 4.41. The van der Waals surface area contributed by atoms with Crippen LogP contribution in [-0.2, 0) is 6.42 Å². The Kier molecular flexibility index (Phi) is 2.48. The zero-order valence-corrected chi connectivity index (χ0v) is 10.6. The summed E-state index contributed by atoms with van der Waals surface area (Å²) in [5.74, 6) is 1.70. The number of aromatic nitrogens is 4. The molecule has 2 atom stereocenters. The van der Waals surface area contributed by atoms with Crippen LogP contribution >= 0.6 is 0 Å². The van der Waals surface area contributed by atoms with Crippen molar-refractivity contribution < 1.29 is 4.52 Å². The highest BCUT2D eigenvalue weighted by molar-refractivity contribution is 5.15. The predicted molar refractivity (Wildman–Crippen MR) is 64.7 cm³/mol. The van der Waals surface area contributed by atoms with Crippen molar-refractivity contribution in [3.05, 3.63) is 29.9 Å². The monoisotopic (exact) mass is 247 g/mol. The Morgan fingerprint density at radius 1 is 1.61 bits per heavy atom. The van der Waals surface area contributed by atoms with Crippen molar-refractivity contribution in [3.63, 3.8) is 0 Å². The van der Waals surface area contributed by atoms with Gasteiger partial charge in [-0.05, 0) is 11.8 Å². The van der Waals surface area contributed by atoms with Crippen molar-refractivity contribution in [3.8, 4) is 0 Å². The van der Waals surface area contributed by atoms with Crippen LogP contribution in [-0.4, -0.2) is 20.1 Å². The maximum atomic E-state index is 6.04. The largest absolute Gasteiger partial charge is 0.348 e. The van der Waals surface area contributed by atoms with E-state index in [0.29, 0.717) is 23.6 Å². The summed E-state index contributed by atoms with van der Waals surface area (Å²) in [7, 11) is 0. The van der Waals surface area contributed by atoms with E-state index in [9.17, 15) is 0 Å². The molecule has 1 saturated carbocycles. The summed E-state index contributed by atoms with van der Waals surface area (Å²) in [6, 6.07) is -0.284. The van der Waals surface area contributed by atoms with Crippen LogP contribution in [0.3, 0.4) is 0 Å². The molecule has 3 N–H and O–H groups in total. The standard InChI is InChI=1S/C12H17N5O/c1-12(2)4-8(12)10-16-11(18-17-10)9(13)3-7-5-14-6-15-7/h5-6,8-9H,3-4,13H2,1-2H3,(H,14,15)/t8?,9-/m0/s1. The lowest BCUT2D eigenvalue weighted by molar-refractivity contribution is 0.348. The lowest BCUT2D eigenvalue weighted by Crippen LogP contribution is -2.14. The van der Waals surface area contributed by atoms with Crippen molar-refractivity contribution in [2.75, 3.05) is 0 Å². The molecule has 0 aromatic carbocycles. The van der Waals surface area contributed by atoms with Crippen LogP contribution in [0.5, 0.6) is 0 Å². The summed E-state index contributed by atoms with van der Waals surface area (Å²) in [5, 5.41) is 4.03. The molecule has 2 aromatic heterocycles. The smallest absolute Gasteiger partial charge is 0.243 e. The van der Waals surface area contributed by atoms with Gasteiger partial charge in [0.25, 0.3) is 0 Å². The van der Waals surface area contributed by atoms with Crippen molar-refractivity contribution >= 4 is 0 Å². The Labute approximate surface area is 105 Å². The molecule has 1 fully saturated rings. The second-order valence-electron chi connectivity index (χ2n) is 5.62. The number of imidazole rings is 1. The Hall–Kier alpha value is -1.69. The molecule has 0 aliphatic heterocycles. The number of nitrogens with two attached hydrogens (primary N) is 1. The van der Waals surface area contributed by atoms with E-state index in [4.69, 9.17) is 10.3 Å². The molecular weight excluding hydrogens is 230 g/mol. The van der Waals surface area contributed by atoms with E-state index < -0.39 is 0 Å². The number of aromatic amines is 1. The summed E-state index contributed by atoms with van der Waals surface area (Å²) >= 11 is 0. The fourth-order valence-electron chi connectivity index (χ4n) is 2.17. The summed E-state index contributed by atoms with van der Waals surface area (Å²) in [4.78, 5) is 11.4. The molecule has 0 saturated heterocycles. The van der Waals surface area contributed by atoms with E-state index in [-0.39, 0.29) is 6.04 Å². The molecule has 0 spiro atoms. The Balaban J connectivity index is 1.69. The van der Waals surface area contributed by atoms with E-state index in [1.54, 1.807) is 12.5 Å². The van der Waals surface area contributed by atoms with Crippen LogP contribution in [0.4, 0.5) is 0 Å². The average Bonchev–Trinajstić information content (AvgIpc) is 2.82. The Morgan fingerprint density at radius 2 is 2.39 bits per heavy atom. The quantitative estimate of drug-likeness (QED) is 0.854. The third kappa shape index (κ3) is 2.03. The van der Waals surface area contributed by atoms with E-state index in [2.05, 4.69) is 34.0 Å². The minimum atomic E-state index is -0.284. The van der Waals surface area contributed by atoms with Gasteiger partial charge in [0.15, 0.2) is 5.82 Å². The molecule has 0 amide bonds. The molecule has 1 aliphatic carbocycles. The van der Waals surface area contributed by atoms with Gasteiger partial charge < -0.3 is 15.2 Å². The number of rotatable bonds is 4. The molecule has 96 valence electrons. The molecule has 0 radical (unpaired) electrons. The van der Waals surface area contributed by atoms with Crippen molar-refractivity contribution in [1.29, 1.82) is 0 Å². The van der Waals surface area contributed by atoms with Crippen molar-refractivity contribution in [2.24, 2.45) is 11.1 Å². The first-order valence-corrected chi connectivity index (χ1v) is 6.12. The maximum absolute atomic E-state index is 6.04. The third-order valence-corrected chi connectivity index (χ3v) is 3.59. The molecular formula is C12H17N5O. The topological polar surface area (TPSA) is 93.6 Å². The van der Waals surface area contributed by atoms with Crippen LogP contribution in [0.25, 0.3) is 0 Å². The minimum Gasteiger partial charge on any atom is -0.348 e. The second-order valence-corrected chi connectivity index (χ2v) is 5.62. The second kappa shape index (κ2) is 3.91. The van der Waals surface area contributed by atoms with Gasteiger partial charge in [0.1, 0.15) is 0 Å². The molecule has 3 rings (SSSR count). The van der Waals surface area contributed by atoms with E-state index in [1.807, 2.05) is 0 Å². The fraction of sp³-hybridized carbons (Fsp3) is 0.583. The first-order chi connectivity index (χ1) is 8.56. The number of hydrogen-bond donors (Lipinski definition) is 2. The van der Waals surface area contributed by atoms with Gasteiger partial charge in [-0.15, -0.1) is 0 Å². The van der Waals surface area contributed by atoms with Gasteiger partial charge in [-0.3, -0.25) is 0 Å². The normalized spacial score (nSPS) is 22.9. The van der Waals surface area contributed by atoms with Gasteiger partial charge in [-0.2, -0.15) is 4.98 Å². The molecule has 6 nitrogen and oxygen atoms in total. The van der Waals surface area contributed by atoms with Crippen LogP contribution in [0.1, 0.15) is 49.6 Å². The lowest BCUT2D eigenvalue weighted by atomic mass is 10.1. The van der Waals surface area contributed by atoms with Gasteiger partial charge in [0.05, 0.1) is 12.4 Å². The van der Waals surface area contributed by atoms with E-state index in [1.165, 1.54) is 0 Å². The van der Waals surface area contributed by atoms with Gasteiger partial charge in [0, 0.05) is 24.2 Å². The fourth-order valence-corrected chi connectivity index (χ4v) is 2.17. The van der Waals surface area contributed by atoms with Crippen molar-refractivity contribution in [2.45, 2.75) is 38.6 Å². The minimum absolute atomic E-state index is 0.284. The third-order valence-electron chi connectivity index (χ3n) is 3.59. The summed E-state index contributed by atoms with van der Waals surface area (Å²) in [5.41, 5.74) is 7.31. The molecule has 6 heteroatoms. The van der Waals surface area contributed by atoms with Gasteiger partial charge in [0.2, 0.25) is 5.89 Å². The zero-order valence-electron chi connectivity index (χ0n) is 10.6. The first kappa shape index (κ1) is 11.4. The van der Waals surface area contributed by atoms with Crippen LogP contribution in [0.15, 0.2) is 17.0 Å². The van der Waals surface area contributed by atoms with Crippen molar-refractivity contribution in [1.82, 2.24) is 20.1 Å². The Morgan fingerprint density at radius 3 is 3.00 bits per heavy atom. The van der Waals surface area contributed by atoms with Crippen LogP contribution in [0, 0.1) is 5.41 Å². The average molecular weight is 247 g/mol. The molecule has 18 heavy (non-hydrogen) atoms. The predicted octanol–water partition coefficient (Wildman–Crippen LogP) is 1.55. The lowest BCUT2D eigenvalue weighted by Gasteiger charge is -2.03. The molecule has 2 heterocycles. The number of hydrogen-bond acceptors (Lipinski definition) is 5. The Bertz CT molecular complexity index is 530. The first-order valence-electron chi connectivity index (χ1n) is 6.12. The number of H-pyrrole nitrogens is 1. The number of nitrogens with zero attached hydrogens (tertiary/aromatic N) is 3. The molecule has 0 bridgehead atoms. The zero-order chi connectivity index (χ0) is 12.8. The van der Waals surface area contributed by atoms with E-state index in [0.717, 1.165) is 17.9 Å². The van der Waals surface area contributed by atoms with Crippen LogP contribution in [0.2, 0.25) is 0 Å². The van der Waals surface area contributed by atoms with Gasteiger partial charge in [-0.25, -0.2) is 4.98 Å². The molecule has 1 aliphatic rings. The van der Waals surface area contributed by atoms with E-state index >= 15 is 0 Å². The number of nitrogens with one attached hydrogen (secondary N) is 1. The highest BCUT2D eigenvalue weighted by atomic mass is 16.5. The summed E-state index contributed by atoms with van der Waals surface area (Å²) in [6.07, 6.45) is 5.12. The highest BCUT2D eigenvalue weighted by Crippen LogP contribution is 2.57. The SMILES string of the molecule is CC1(C)CC1c1noc([C@@H](N)Cc2cnc[nH]2)n1. The van der Waals surface area contributed by atoms with Crippen LogP contribution < -0.4 is 5.73 Å². The summed E-state index contributed by atoms with van der Waals surface area (Å²) < 4.78 is 5.25.